The van der Waals surface area contributed by atoms with Crippen LogP contribution in [0.2, 0.25) is 0 Å². The van der Waals surface area contributed by atoms with E-state index < -0.39 is 5.60 Å². The Morgan fingerprint density at radius 1 is 1.20 bits per heavy atom. The van der Waals surface area contributed by atoms with Gasteiger partial charge >= 0.3 is 5.97 Å². The van der Waals surface area contributed by atoms with Crippen LogP contribution in [0.4, 0.5) is 0 Å². The molecule has 1 aromatic rings. The van der Waals surface area contributed by atoms with Gasteiger partial charge in [0.1, 0.15) is 23.7 Å². The predicted molar refractivity (Wildman–Crippen MR) is 136 cm³/mol. The van der Waals surface area contributed by atoms with Crippen molar-refractivity contribution < 1.29 is 14.0 Å². The number of hydrogen-bond acceptors (Lipinski definition) is 7. The molecule has 0 aromatic carbocycles. The smallest absolute Gasteiger partial charge is 0.394 e. The summed E-state index contributed by atoms with van der Waals surface area (Å²) in [6.45, 7) is 7.56. The van der Waals surface area contributed by atoms with Gasteiger partial charge in [-0.25, -0.2) is 19.8 Å². The van der Waals surface area contributed by atoms with Crippen LogP contribution in [0, 0.1) is 6.92 Å². The van der Waals surface area contributed by atoms with Gasteiger partial charge in [-0.15, -0.1) is 0 Å². The van der Waals surface area contributed by atoms with E-state index in [1.807, 2.05) is 46.0 Å². The molecule has 1 atom stereocenters. The fraction of sp³-hybridized carbons (Fsp3) is 0.462. The minimum Gasteiger partial charge on any atom is -0.452 e. The first-order chi connectivity index (χ1) is 16.7. The van der Waals surface area contributed by atoms with Crippen molar-refractivity contribution in [2.75, 3.05) is 0 Å². The molecule has 3 heterocycles. The molecule has 1 unspecified atom stereocenters. The second kappa shape index (κ2) is 8.91. The Kier molecular flexibility index (Phi) is 6.05. The predicted octanol–water partition coefficient (Wildman–Crippen LogP) is 5.07. The second-order valence-electron chi connectivity index (χ2n) is 10.4. The highest BCUT2D eigenvalue weighted by molar-refractivity contribution is 6.32. The number of hydrogen-bond donors (Lipinski definition) is 0. The molecule has 9 heteroatoms. The lowest BCUT2D eigenvalue weighted by Gasteiger charge is -2.41. The van der Waals surface area contributed by atoms with Gasteiger partial charge in [-0.1, -0.05) is 27.9 Å². The van der Waals surface area contributed by atoms with E-state index in [4.69, 9.17) is 16.3 Å². The number of ether oxygens (including phenoxy) is 1. The topological polar surface area (TPSA) is 89.2 Å². The summed E-state index contributed by atoms with van der Waals surface area (Å²) in [7, 11) is 0. The molecular formula is C26H30ClN6O2+. The summed E-state index contributed by atoms with van der Waals surface area (Å²) < 4.78 is 6.08. The first-order valence-corrected chi connectivity index (χ1v) is 12.4. The summed E-state index contributed by atoms with van der Waals surface area (Å²) >= 11 is 6.31. The van der Waals surface area contributed by atoms with Crippen molar-refractivity contribution in [1.82, 2.24) is 9.97 Å². The highest BCUT2D eigenvalue weighted by Crippen LogP contribution is 2.44. The molecule has 0 amide bonds. The van der Waals surface area contributed by atoms with Gasteiger partial charge in [0.25, 0.3) is 5.84 Å². The zero-order valence-corrected chi connectivity index (χ0v) is 21.3. The lowest BCUT2D eigenvalue weighted by Crippen LogP contribution is -2.59. The molecule has 182 valence electrons. The number of carbonyl (C=O) groups excluding carboxylic acids is 1. The van der Waals surface area contributed by atoms with Crippen LogP contribution in [0.15, 0.2) is 61.6 Å². The Balaban J connectivity index is 1.56. The Morgan fingerprint density at radius 3 is 2.69 bits per heavy atom. The quantitative estimate of drug-likeness (QED) is 0.434. The van der Waals surface area contributed by atoms with Crippen LogP contribution < -0.4 is 0 Å². The molecule has 0 bridgehead atoms. The molecule has 35 heavy (non-hydrogen) atoms. The molecular weight excluding hydrogens is 464 g/mol. The van der Waals surface area contributed by atoms with E-state index in [0.29, 0.717) is 34.6 Å². The number of amidine groups is 1. The maximum absolute atomic E-state index is 13.9. The number of fused-ring (bicyclic) bond motifs is 2. The van der Waals surface area contributed by atoms with Gasteiger partial charge < -0.3 is 4.74 Å². The monoisotopic (exact) mass is 493 g/mol. The molecule has 1 aromatic heterocycles. The standard InChI is InChI=1S/C26H30ClN6O2/c1-16-28-12-11-21(31-16)17-5-8-19(9-6-17)33-15-30-32-23(33)14-29-22-13-18(27)7-10-20(22)24(33)25(34)35-26(2,3)4/h7,11-15,17,19H,5-6,8-10H2,1-4H3/q+1. The van der Waals surface area contributed by atoms with Gasteiger partial charge in [0.2, 0.25) is 12.0 Å². The Bertz CT molecular complexity index is 1240. The van der Waals surface area contributed by atoms with Gasteiger partial charge in [0.15, 0.2) is 0 Å². The number of esters is 1. The molecule has 2 aliphatic carbocycles. The number of aliphatic imine (C=N–C) groups is 1. The maximum Gasteiger partial charge on any atom is 0.394 e. The van der Waals surface area contributed by atoms with Gasteiger partial charge in [0, 0.05) is 42.1 Å². The molecule has 2 aliphatic heterocycles. The van der Waals surface area contributed by atoms with Crippen molar-refractivity contribution in [2.24, 2.45) is 15.2 Å². The molecule has 1 saturated carbocycles. The Hall–Kier alpha value is -2.97. The molecule has 0 radical (unpaired) electrons. The number of quaternary nitrogens is 1. The van der Waals surface area contributed by atoms with Crippen molar-refractivity contribution in [3.05, 3.63) is 57.9 Å². The number of aromatic nitrogens is 2. The Morgan fingerprint density at radius 2 is 1.97 bits per heavy atom. The van der Waals surface area contributed by atoms with Gasteiger partial charge in [-0.2, -0.15) is 4.48 Å². The lowest BCUT2D eigenvalue weighted by molar-refractivity contribution is -0.723. The fourth-order valence-corrected chi connectivity index (χ4v) is 5.58. The largest absolute Gasteiger partial charge is 0.452 e. The maximum atomic E-state index is 13.9. The summed E-state index contributed by atoms with van der Waals surface area (Å²) in [6.07, 6.45) is 13.2. The molecule has 4 aliphatic rings. The third-order valence-electron chi connectivity index (χ3n) is 6.91. The normalized spacial score (nSPS) is 28.0. The van der Waals surface area contributed by atoms with Crippen LogP contribution in [0.1, 0.15) is 70.3 Å². The average molecular weight is 494 g/mol. The third kappa shape index (κ3) is 4.41. The summed E-state index contributed by atoms with van der Waals surface area (Å²) in [5, 5.41) is 9.34. The average Bonchev–Trinajstić information content (AvgIpc) is 3.16. The van der Waals surface area contributed by atoms with E-state index in [9.17, 15) is 4.79 Å². The number of halogens is 1. The van der Waals surface area contributed by atoms with E-state index >= 15 is 0 Å². The van der Waals surface area contributed by atoms with E-state index in [-0.39, 0.29) is 16.5 Å². The van der Waals surface area contributed by atoms with Crippen LogP contribution in [0.3, 0.4) is 0 Å². The summed E-state index contributed by atoms with van der Waals surface area (Å²) in [4.78, 5) is 27.4. The van der Waals surface area contributed by atoms with Crippen LogP contribution in [0.25, 0.3) is 0 Å². The highest BCUT2D eigenvalue weighted by Gasteiger charge is 2.55. The Labute approximate surface area is 210 Å². The minimum absolute atomic E-state index is 0.0707. The van der Waals surface area contributed by atoms with Crippen LogP contribution in [0.5, 0.6) is 0 Å². The number of allylic oxidation sites excluding steroid dienone is 4. The molecule has 0 spiro atoms. The van der Waals surface area contributed by atoms with E-state index in [0.717, 1.165) is 42.8 Å². The van der Waals surface area contributed by atoms with Crippen molar-refractivity contribution in [3.8, 4) is 0 Å². The molecule has 5 rings (SSSR count). The zero-order chi connectivity index (χ0) is 24.8. The number of aryl methyl sites for hydroxylation is 1. The molecule has 0 N–H and O–H groups in total. The van der Waals surface area contributed by atoms with E-state index in [1.165, 1.54) is 0 Å². The van der Waals surface area contributed by atoms with E-state index in [2.05, 4.69) is 25.2 Å². The summed E-state index contributed by atoms with van der Waals surface area (Å²) in [6, 6.07) is 2.08. The first kappa shape index (κ1) is 23.8. The van der Waals surface area contributed by atoms with Crippen LogP contribution in [-0.2, 0) is 9.53 Å². The van der Waals surface area contributed by atoms with Gasteiger partial charge in [0.05, 0.1) is 11.3 Å². The van der Waals surface area contributed by atoms with Gasteiger partial charge in [-0.3, -0.25) is 0 Å². The first-order valence-electron chi connectivity index (χ1n) is 12.1. The molecule has 1 fully saturated rings. The highest BCUT2D eigenvalue weighted by atomic mass is 35.5. The SMILES string of the molecule is Cc1nccc(C2CCC([N+]34C=NN=C3C=NC3=CC(Cl)=CCC3=C4C(=O)OC(C)(C)C)CC2)n1. The summed E-state index contributed by atoms with van der Waals surface area (Å²) in [5.74, 6) is 1.41. The fourth-order valence-electron chi connectivity index (χ4n) is 5.40. The molecule has 0 saturated heterocycles. The third-order valence-corrected chi connectivity index (χ3v) is 7.18. The van der Waals surface area contributed by atoms with Crippen molar-refractivity contribution >= 4 is 36.0 Å². The second-order valence-corrected chi connectivity index (χ2v) is 10.8. The minimum atomic E-state index is -0.648. The lowest BCUT2D eigenvalue weighted by atomic mass is 9.81. The van der Waals surface area contributed by atoms with Gasteiger partial charge in [-0.05, 0) is 52.7 Å². The van der Waals surface area contributed by atoms with Crippen molar-refractivity contribution in [2.45, 2.75) is 77.4 Å². The molecule has 8 nitrogen and oxygen atoms in total. The van der Waals surface area contributed by atoms with Crippen LogP contribution in [-0.4, -0.2) is 50.5 Å². The number of nitrogens with zero attached hydrogens (tertiary/aromatic N) is 6. The van der Waals surface area contributed by atoms with Crippen molar-refractivity contribution in [1.29, 1.82) is 0 Å². The van der Waals surface area contributed by atoms with Crippen LogP contribution >= 0.6 is 11.6 Å². The summed E-state index contributed by atoms with van der Waals surface area (Å²) in [5.41, 5.74) is 2.45. The van der Waals surface area contributed by atoms with E-state index in [1.54, 1.807) is 18.6 Å². The van der Waals surface area contributed by atoms with Crippen molar-refractivity contribution in [3.63, 3.8) is 0 Å². The number of rotatable bonds is 3. The zero-order valence-electron chi connectivity index (χ0n) is 20.5. The number of carbonyl (C=O) groups is 1.